The molecule has 0 saturated heterocycles. The van der Waals surface area contributed by atoms with Gasteiger partial charge in [0.1, 0.15) is 0 Å². The summed E-state index contributed by atoms with van der Waals surface area (Å²) in [5.41, 5.74) is -5.60. The van der Waals surface area contributed by atoms with Gasteiger partial charge in [-0.05, 0) is 11.8 Å². The van der Waals surface area contributed by atoms with Gasteiger partial charge in [0.25, 0.3) is 0 Å². The average Bonchev–Trinajstić information content (AvgIpc) is 3.06. The third-order valence-electron chi connectivity index (χ3n) is 5.42. The van der Waals surface area contributed by atoms with Crippen molar-refractivity contribution in [3.05, 3.63) is 46.5 Å². The fraction of sp³-hybridized carbons (Fsp3) is 0.500. The summed E-state index contributed by atoms with van der Waals surface area (Å²) in [6.07, 6.45) is -5.32. The molecule has 1 aliphatic carbocycles. The zero-order valence-electron chi connectivity index (χ0n) is 15.1. The van der Waals surface area contributed by atoms with Crippen LogP contribution in [-0.4, -0.2) is 24.4 Å². The zero-order chi connectivity index (χ0) is 21.7. The molecule has 1 aliphatic rings. The van der Waals surface area contributed by atoms with Gasteiger partial charge in [-0.25, -0.2) is 17.6 Å². The van der Waals surface area contributed by atoms with Crippen LogP contribution in [0.3, 0.4) is 0 Å². The van der Waals surface area contributed by atoms with E-state index in [1.807, 2.05) is 0 Å². The molecule has 1 saturated carbocycles. The number of aliphatic carboxylic acids is 1. The summed E-state index contributed by atoms with van der Waals surface area (Å²) in [7, 11) is 1.05. The van der Waals surface area contributed by atoms with Crippen LogP contribution < -0.4 is 0 Å². The predicted octanol–water partition coefficient (Wildman–Crippen LogP) is 4.78. The maximum atomic E-state index is 14.4. The lowest BCUT2D eigenvalue weighted by atomic mass is 9.87. The standard InChI is InChI=1S/C18H17F7O3/c1-16(2)10(4-5-18(23,24)25)17(16,15(26)27)6-8-11(19)13(21)9(7-28-3)14(22)12(8)20/h4-5,10H,6-7H2,1-3H3,(H,26,27)/b5-4-/t10?,17-/m1/s1. The van der Waals surface area contributed by atoms with Gasteiger partial charge in [-0.1, -0.05) is 19.9 Å². The molecule has 0 bridgehead atoms. The SMILES string of the molecule is COCc1c(F)c(F)c(C[C@]2(C(=O)O)C(/C=C\C(F)(F)F)C2(C)C)c(F)c1F. The van der Waals surface area contributed by atoms with E-state index in [1.165, 1.54) is 13.8 Å². The Kier molecular flexibility index (Phi) is 5.59. The molecule has 0 radical (unpaired) electrons. The first-order valence-corrected chi connectivity index (χ1v) is 8.04. The van der Waals surface area contributed by atoms with Crippen molar-refractivity contribution in [1.82, 2.24) is 0 Å². The van der Waals surface area contributed by atoms with Crippen LogP contribution in [0.2, 0.25) is 0 Å². The summed E-state index contributed by atoms with van der Waals surface area (Å²) in [6, 6.07) is 0. The zero-order valence-corrected chi connectivity index (χ0v) is 15.1. The van der Waals surface area contributed by atoms with Crippen LogP contribution in [-0.2, 0) is 22.6 Å². The van der Waals surface area contributed by atoms with Crippen molar-refractivity contribution in [3.63, 3.8) is 0 Å². The summed E-state index contributed by atoms with van der Waals surface area (Å²) in [5.74, 6) is -9.97. The monoisotopic (exact) mass is 414 g/mol. The minimum Gasteiger partial charge on any atom is -0.481 e. The highest BCUT2D eigenvalue weighted by Gasteiger charge is 2.74. The Labute approximate surface area is 155 Å². The van der Waals surface area contributed by atoms with Crippen molar-refractivity contribution in [2.45, 2.75) is 33.1 Å². The topological polar surface area (TPSA) is 46.5 Å². The normalized spacial score (nSPS) is 24.0. The number of halogens is 7. The first-order chi connectivity index (χ1) is 12.7. The Balaban J connectivity index is 2.56. The number of methoxy groups -OCH3 is 1. The maximum absolute atomic E-state index is 14.4. The quantitative estimate of drug-likeness (QED) is 0.414. The largest absolute Gasteiger partial charge is 0.481 e. The van der Waals surface area contributed by atoms with Crippen molar-refractivity contribution in [2.75, 3.05) is 7.11 Å². The summed E-state index contributed by atoms with van der Waals surface area (Å²) in [5, 5.41) is 9.59. The molecule has 0 aromatic heterocycles. The number of rotatable bonds is 6. The van der Waals surface area contributed by atoms with Gasteiger partial charge >= 0.3 is 12.1 Å². The van der Waals surface area contributed by atoms with E-state index in [0.717, 1.165) is 7.11 Å². The van der Waals surface area contributed by atoms with E-state index in [9.17, 15) is 40.6 Å². The van der Waals surface area contributed by atoms with Crippen molar-refractivity contribution in [3.8, 4) is 0 Å². The van der Waals surface area contributed by atoms with Crippen LogP contribution in [0.5, 0.6) is 0 Å². The smallest absolute Gasteiger partial charge is 0.409 e. The second-order valence-electron chi connectivity index (χ2n) is 7.20. The van der Waals surface area contributed by atoms with Crippen molar-refractivity contribution >= 4 is 5.97 Å². The van der Waals surface area contributed by atoms with Crippen molar-refractivity contribution in [2.24, 2.45) is 16.7 Å². The summed E-state index contributed by atoms with van der Waals surface area (Å²) < 4.78 is 98.8. The number of carboxylic acids is 1. The third kappa shape index (κ3) is 3.38. The lowest BCUT2D eigenvalue weighted by Crippen LogP contribution is -2.26. The first kappa shape index (κ1) is 22.2. The molecule has 28 heavy (non-hydrogen) atoms. The molecular weight excluding hydrogens is 397 g/mol. The summed E-state index contributed by atoms with van der Waals surface area (Å²) in [6.45, 7) is 1.83. The van der Waals surface area contributed by atoms with Crippen molar-refractivity contribution < 1.29 is 45.4 Å². The number of carbonyl (C=O) groups is 1. The fourth-order valence-electron chi connectivity index (χ4n) is 3.76. The van der Waals surface area contributed by atoms with Gasteiger partial charge < -0.3 is 9.84 Å². The minimum absolute atomic E-state index is 0.167. The molecule has 1 fully saturated rings. The highest BCUT2D eigenvalue weighted by Crippen LogP contribution is 2.71. The van der Waals surface area contributed by atoms with E-state index in [4.69, 9.17) is 0 Å². The molecule has 2 atom stereocenters. The first-order valence-electron chi connectivity index (χ1n) is 8.04. The number of allylic oxidation sites excluding steroid dienone is 2. The molecular formula is C18H17F7O3. The number of ether oxygens (including phenoxy) is 1. The predicted molar refractivity (Wildman–Crippen MR) is 83.2 cm³/mol. The molecule has 156 valence electrons. The third-order valence-corrected chi connectivity index (χ3v) is 5.42. The molecule has 0 spiro atoms. The van der Waals surface area contributed by atoms with Crippen molar-refractivity contribution in [1.29, 1.82) is 0 Å². The van der Waals surface area contributed by atoms with E-state index in [2.05, 4.69) is 4.74 Å². The van der Waals surface area contributed by atoms with E-state index < -0.39 is 76.3 Å². The van der Waals surface area contributed by atoms with E-state index in [0.29, 0.717) is 6.08 Å². The highest BCUT2D eigenvalue weighted by atomic mass is 19.4. The van der Waals surface area contributed by atoms with Gasteiger partial charge in [0, 0.05) is 24.7 Å². The van der Waals surface area contributed by atoms with Crippen LogP contribution in [0.1, 0.15) is 25.0 Å². The lowest BCUT2D eigenvalue weighted by Gasteiger charge is -2.18. The maximum Gasteiger partial charge on any atom is 0.409 e. The highest BCUT2D eigenvalue weighted by molar-refractivity contribution is 5.82. The van der Waals surface area contributed by atoms with Crippen LogP contribution in [0.15, 0.2) is 12.2 Å². The van der Waals surface area contributed by atoms with Crippen LogP contribution >= 0.6 is 0 Å². The second-order valence-corrected chi connectivity index (χ2v) is 7.20. The van der Waals surface area contributed by atoms with E-state index in [1.54, 1.807) is 0 Å². The lowest BCUT2D eigenvalue weighted by molar-refractivity contribution is -0.145. The van der Waals surface area contributed by atoms with Crippen LogP contribution in [0.25, 0.3) is 0 Å². The minimum atomic E-state index is -4.72. The van der Waals surface area contributed by atoms with Crippen LogP contribution in [0.4, 0.5) is 30.7 Å². The molecule has 0 amide bonds. The summed E-state index contributed by atoms with van der Waals surface area (Å²) in [4.78, 5) is 11.8. The molecule has 10 heteroatoms. The fourth-order valence-corrected chi connectivity index (χ4v) is 3.76. The molecule has 1 N–H and O–H groups in total. The number of carboxylic acid groups (broad SMARTS) is 1. The molecule has 3 nitrogen and oxygen atoms in total. The molecule has 1 aromatic rings. The Hall–Kier alpha value is -2.10. The van der Waals surface area contributed by atoms with Gasteiger partial charge in [0.15, 0.2) is 23.3 Å². The van der Waals surface area contributed by atoms with Gasteiger partial charge in [-0.15, -0.1) is 0 Å². The molecule has 0 aliphatic heterocycles. The Morgan fingerprint density at radius 1 is 1.07 bits per heavy atom. The van der Waals surface area contributed by atoms with E-state index in [-0.39, 0.29) is 6.08 Å². The number of benzene rings is 1. The van der Waals surface area contributed by atoms with Gasteiger partial charge in [-0.2, -0.15) is 13.2 Å². The summed E-state index contributed by atoms with van der Waals surface area (Å²) >= 11 is 0. The number of hydrogen-bond donors (Lipinski definition) is 1. The van der Waals surface area contributed by atoms with Gasteiger partial charge in [0.2, 0.25) is 0 Å². The molecule has 1 aromatic carbocycles. The molecule has 2 rings (SSSR count). The Morgan fingerprint density at radius 3 is 1.93 bits per heavy atom. The Bertz CT molecular complexity index is 800. The number of hydrogen-bond acceptors (Lipinski definition) is 2. The Morgan fingerprint density at radius 2 is 1.54 bits per heavy atom. The van der Waals surface area contributed by atoms with Crippen LogP contribution in [0, 0.1) is 40.0 Å². The molecule has 0 heterocycles. The average molecular weight is 414 g/mol. The molecule has 1 unspecified atom stereocenters. The number of alkyl halides is 3. The van der Waals surface area contributed by atoms with Gasteiger partial charge in [-0.3, -0.25) is 4.79 Å². The second kappa shape index (κ2) is 7.06. The van der Waals surface area contributed by atoms with Gasteiger partial charge in [0.05, 0.1) is 17.6 Å². The van der Waals surface area contributed by atoms with E-state index >= 15 is 0 Å².